The molecule has 1 atom stereocenters. The number of nitrogens with one attached hydrogen (secondary N) is 8. The van der Waals surface area contributed by atoms with Crippen LogP contribution in [0.3, 0.4) is 0 Å². The van der Waals surface area contributed by atoms with Crippen molar-refractivity contribution in [3.8, 4) is 17.2 Å². The molecule has 17 rings (SSSR count). The molecule has 0 radical (unpaired) electrons. The number of alkyl halides is 5. The highest BCUT2D eigenvalue weighted by Crippen LogP contribution is 2.42. The Bertz CT molecular complexity index is 6070. The number of ether oxygens (including phenoxy) is 2. The predicted octanol–water partition coefficient (Wildman–Crippen LogP) is 26.6. The first-order chi connectivity index (χ1) is 58.1. The first kappa shape index (κ1) is 93.9. The van der Waals surface area contributed by atoms with Crippen LogP contribution in [-0.2, 0) is 48.0 Å². The number of anilines is 1. The third-order valence-corrected chi connectivity index (χ3v) is 22.6. The maximum atomic E-state index is 13.6. The molecule has 0 spiro atoms. The minimum absolute atomic E-state index is 0.00671. The van der Waals surface area contributed by atoms with Crippen LogP contribution < -0.4 is 19.8 Å². The molecule has 9 N–H and O–H groups in total. The van der Waals surface area contributed by atoms with Gasteiger partial charge in [-0.3, -0.25) is 18.9 Å². The van der Waals surface area contributed by atoms with Crippen molar-refractivity contribution in [3.05, 3.63) is 260 Å². The lowest BCUT2D eigenvalue weighted by atomic mass is 9.87. The molecule has 0 fully saturated rings. The molecule has 0 saturated carbocycles. The number of pyridine rings is 1. The number of phenolic OH excluding ortho intramolecular Hbond substituents is 1. The number of H-pyrrole nitrogens is 7. The quantitative estimate of drug-likeness (QED) is 0.0446. The minimum Gasteiger partial charge on any atom is -0.508 e. The smallest absolute Gasteiger partial charge is 0.435 e. The summed E-state index contributed by atoms with van der Waals surface area (Å²) >= 11 is 0. The lowest BCUT2D eigenvalue weighted by molar-refractivity contribution is -0.142. The van der Waals surface area contributed by atoms with Crippen molar-refractivity contribution in [3.63, 3.8) is 0 Å². The van der Waals surface area contributed by atoms with Gasteiger partial charge in [0.05, 0.1) is 24.4 Å². The fourth-order valence-corrected chi connectivity index (χ4v) is 16.4. The van der Waals surface area contributed by atoms with E-state index in [-0.39, 0.29) is 29.2 Å². The summed E-state index contributed by atoms with van der Waals surface area (Å²) in [6, 6.07) is 41.9. The highest BCUT2D eigenvalue weighted by Gasteiger charge is 2.40. The molecule has 0 aliphatic heterocycles. The number of rotatable bonds is 15. The van der Waals surface area contributed by atoms with Gasteiger partial charge in [-0.2, -0.15) is 32.1 Å². The Hall–Kier alpha value is -11.3. The molecule has 0 bridgehead atoms. The first-order valence-corrected chi connectivity index (χ1v) is 44.5. The van der Waals surface area contributed by atoms with Gasteiger partial charge in [0.1, 0.15) is 23.9 Å². The second-order valence-corrected chi connectivity index (χ2v) is 36.1. The van der Waals surface area contributed by atoms with Crippen LogP contribution in [0.2, 0.25) is 0 Å². The second kappa shape index (κ2) is 40.8. The van der Waals surface area contributed by atoms with Crippen molar-refractivity contribution in [2.45, 2.75) is 242 Å². The first-order valence-electron chi connectivity index (χ1n) is 42.6. The van der Waals surface area contributed by atoms with Gasteiger partial charge >= 0.3 is 6.18 Å². The van der Waals surface area contributed by atoms with Crippen LogP contribution in [0.1, 0.15) is 277 Å². The van der Waals surface area contributed by atoms with E-state index in [0.29, 0.717) is 71.5 Å². The van der Waals surface area contributed by atoms with Crippen LogP contribution in [-0.4, -0.2) is 81.3 Å². The average Bonchev–Trinajstić information content (AvgIpc) is 1.57. The number of hydrogen-bond acceptors (Lipinski definition) is 8. The molecule has 658 valence electrons. The number of nitrogens with zero attached hydrogens (tertiary/aromatic N) is 4. The zero-order valence-electron chi connectivity index (χ0n) is 74.5. The fourth-order valence-electron chi connectivity index (χ4n) is 15.8. The highest BCUT2D eigenvalue weighted by atomic mass is 32.2. The normalized spacial score (nSPS) is 13.4. The van der Waals surface area contributed by atoms with Gasteiger partial charge in [-0.05, 0) is 226 Å². The van der Waals surface area contributed by atoms with Gasteiger partial charge in [-0.25, -0.2) is 12.8 Å². The largest absolute Gasteiger partial charge is 0.508 e. The highest BCUT2D eigenvalue weighted by molar-refractivity contribution is 7.92. The van der Waals surface area contributed by atoms with Crippen LogP contribution in [0.25, 0.3) is 65.5 Å². The van der Waals surface area contributed by atoms with Crippen LogP contribution >= 0.6 is 0 Å². The molecule has 6 aromatic carbocycles. The number of methoxy groups -OCH3 is 1. The molecule has 9 heterocycles. The summed E-state index contributed by atoms with van der Waals surface area (Å²) in [7, 11) is -1.55. The van der Waals surface area contributed by atoms with Gasteiger partial charge in [-0.15, -0.1) is 0 Å². The Balaban J connectivity index is 0.000000148. The molecule has 2 aliphatic carbocycles. The van der Waals surface area contributed by atoms with Crippen molar-refractivity contribution in [2.24, 2.45) is 0 Å². The summed E-state index contributed by atoms with van der Waals surface area (Å²) in [6.45, 7) is 37.0. The Morgan fingerprint density at radius 3 is 1.51 bits per heavy atom. The summed E-state index contributed by atoms with van der Waals surface area (Å²) in [5.41, 5.74) is 18.9. The SMILES string of the molecule is CC(C)c1c[nH]c2ccc(=O)[nH]c12.CC(C)c1c[nH]c2ccc(F)cc12.CC(C)c1c[nH]c2ccc(NS(C)(=O)=O)cc12.CC(C)c1c[nH]c2ccc(O)cc12.CC(C)c1c[nH]c2ccccc12.CC(C)n1nc(C(F)(F)F)c2c1CCCC2.CC1CCCc2c(C(C)(F)F)nn(C(C)C)c21.COc1cc2[nH]cc(C(C)C)c2cc1OCc1ccccc1. The molecular weight excluding hydrogens is 1590 g/mol. The number of halogens is 6. The van der Waals surface area contributed by atoms with E-state index in [9.17, 15) is 44.7 Å². The van der Waals surface area contributed by atoms with Crippen molar-refractivity contribution >= 4 is 81.3 Å². The number of hydrogen-bond donors (Lipinski definition) is 9. The van der Waals surface area contributed by atoms with Crippen LogP contribution in [0.4, 0.5) is 32.0 Å². The van der Waals surface area contributed by atoms with E-state index in [0.717, 1.165) is 141 Å². The molecule has 0 saturated heterocycles. The summed E-state index contributed by atoms with van der Waals surface area (Å²) < 4.78 is 118. The molecule has 25 heteroatoms. The van der Waals surface area contributed by atoms with Gasteiger partial charge in [-0.1, -0.05) is 139 Å². The Morgan fingerprint density at radius 2 is 0.967 bits per heavy atom. The van der Waals surface area contributed by atoms with Gasteiger partial charge in [0, 0.05) is 151 Å². The number of sulfonamides is 1. The summed E-state index contributed by atoms with van der Waals surface area (Å²) in [4.78, 5) is 33.1. The van der Waals surface area contributed by atoms with E-state index in [1.165, 1.54) is 60.9 Å². The van der Waals surface area contributed by atoms with E-state index in [1.54, 1.807) is 48.2 Å². The van der Waals surface area contributed by atoms with Gasteiger partial charge in [0.15, 0.2) is 17.2 Å². The summed E-state index contributed by atoms with van der Waals surface area (Å²) in [5, 5.41) is 23.0. The maximum Gasteiger partial charge on any atom is 0.435 e. The minimum atomic E-state index is -4.32. The van der Waals surface area contributed by atoms with E-state index in [2.05, 4.69) is 195 Å². The van der Waals surface area contributed by atoms with Crippen molar-refractivity contribution in [1.29, 1.82) is 0 Å². The summed E-state index contributed by atoms with van der Waals surface area (Å²) in [6.07, 6.45) is 14.7. The third-order valence-electron chi connectivity index (χ3n) is 22.0. The zero-order valence-corrected chi connectivity index (χ0v) is 75.3. The molecular formula is C98H122F6N12O6S. The molecule has 15 aromatic rings. The Morgan fingerprint density at radius 1 is 0.504 bits per heavy atom. The van der Waals surface area contributed by atoms with Gasteiger partial charge in [0.25, 0.3) is 5.92 Å². The lowest BCUT2D eigenvalue weighted by Crippen LogP contribution is -2.14. The molecule has 9 aromatic heterocycles. The van der Waals surface area contributed by atoms with Crippen LogP contribution in [0.15, 0.2) is 175 Å². The fraction of sp³-hybridized carbons (Fsp3) is 0.398. The van der Waals surface area contributed by atoms with Crippen molar-refractivity contribution in [1.82, 2.24) is 54.4 Å². The monoisotopic (exact) mass is 1710 g/mol. The Kier molecular flexibility index (Phi) is 31.1. The summed E-state index contributed by atoms with van der Waals surface area (Å²) in [5.74, 6) is 1.98. The van der Waals surface area contributed by atoms with Crippen molar-refractivity contribution < 1.29 is 49.3 Å². The van der Waals surface area contributed by atoms with Crippen LogP contribution in [0.5, 0.6) is 17.2 Å². The van der Waals surface area contributed by atoms with E-state index >= 15 is 0 Å². The molecule has 1 unspecified atom stereocenters. The molecule has 0 amide bonds. The van der Waals surface area contributed by atoms with E-state index < -0.39 is 27.8 Å². The average molecular weight is 1710 g/mol. The number of aromatic amines is 7. The number of aromatic hydroxyl groups is 1. The molecule has 18 nitrogen and oxygen atoms in total. The maximum absolute atomic E-state index is 13.6. The molecule has 123 heavy (non-hydrogen) atoms. The Labute approximate surface area is 717 Å². The topological polar surface area (TPSA) is 248 Å². The van der Waals surface area contributed by atoms with Crippen LogP contribution in [0, 0.1) is 5.82 Å². The third kappa shape index (κ3) is 23.7. The van der Waals surface area contributed by atoms with Gasteiger partial charge < -0.3 is 49.5 Å². The number of aromatic nitrogens is 11. The zero-order chi connectivity index (χ0) is 89.7. The predicted molar refractivity (Wildman–Crippen MR) is 490 cm³/mol. The van der Waals surface area contributed by atoms with E-state index in [1.807, 2.05) is 94.9 Å². The lowest BCUT2D eigenvalue weighted by Gasteiger charge is -2.22. The second-order valence-electron chi connectivity index (χ2n) is 34.4. The van der Waals surface area contributed by atoms with Crippen molar-refractivity contribution in [2.75, 3.05) is 18.1 Å². The number of benzene rings is 6. The van der Waals surface area contributed by atoms with Gasteiger partial charge in [0.2, 0.25) is 15.6 Å². The number of para-hydroxylation sites is 1. The number of fused-ring (bicyclic) bond motifs is 8. The molecule has 2 aliphatic rings. The van der Waals surface area contributed by atoms with E-state index in [4.69, 9.17) is 9.47 Å². The number of phenols is 1. The standard InChI is InChI=1S/C19H21NO2.C13H20F2N2.C12H16N2O2S.C11H15F3N2.C11H12FN.C11H13NO.C11H13N.C10H12N2O/c1-13(2)16-11-20-17-10-18(21-3)19(9-15(16)17)22-12-14-7-5-4-6-8-14;1-8(2)17-11-9(3)6-5-7-10(11)12(16-17)13(4,14)15;1-8(2)11-7-13-12-5-4-9(6-10(11)12)14-17(3,15)16;1-7(2)16-9-6-4-3-5-8(9)10(15-16)11(12,13)14;1-7(2)10-6-13-11-4-3-8(12)5-9(10)11;1-7(2)10-6-12-11-4-3-8(13)5-9(10)11;1-8(2)10-7-12-11-6-4-3-5-9(10)11;1-6(2)7-5-11-8-3-4-9(13)12-10(7)8/h4-11,13,20H,12H2,1-3H3;8-9H,5-7H2,1-4H3;4-8,13-14H,1-3H3;7H,3-6H2,1-2H3;3-7,13H,1-2H3;3-7,12-13H,1-2H3;3-8,12H,1-2H3;3-6,11H,1-2H3,(H,12,13).